The molecule has 0 aliphatic rings. The largest absolute Gasteiger partial charge is 0.481 e. The normalized spacial score (nSPS) is 11.5. The molecule has 114 valence electrons. The number of nitrogens with zero attached hydrogens (tertiary/aromatic N) is 1. The maximum Gasteiger partial charge on any atom is 0.269 e. The van der Waals surface area contributed by atoms with Gasteiger partial charge in [-0.1, -0.05) is 15.9 Å². The van der Waals surface area contributed by atoms with Crippen molar-refractivity contribution in [3.8, 4) is 5.75 Å². The quantitative estimate of drug-likeness (QED) is 0.646. The third-order valence-electron chi connectivity index (χ3n) is 2.84. The molecular weight excluding hydrogens is 352 g/mol. The number of rotatable bonds is 5. The van der Waals surface area contributed by atoms with Gasteiger partial charge in [-0.25, -0.2) is 0 Å². The zero-order valence-corrected chi connectivity index (χ0v) is 13.2. The molecule has 2 rings (SSSR count). The van der Waals surface area contributed by atoms with E-state index >= 15 is 0 Å². The molecule has 0 aliphatic heterocycles. The van der Waals surface area contributed by atoms with Crippen LogP contribution < -0.4 is 10.1 Å². The Hall–Kier alpha value is -2.41. The number of anilines is 1. The Labute approximate surface area is 135 Å². The van der Waals surface area contributed by atoms with Crippen molar-refractivity contribution in [1.29, 1.82) is 0 Å². The molecule has 1 amide bonds. The highest BCUT2D eigenvalue weighted by atomic mass is 79.9. The van der Waals surface area contributed by atoms with Crippen LogP contribution in [0.4, 0.5) is 11.4 Å². The van der Waals surface area contributed by atoms with E-state index in [1.54, 1.807) is 19.1 Å². The Morgan fingerprint density at radius 2 is 1.77 bits per heavy atom. The van der Waals surface area contributed by atoms with Gasteiger partial charge in [-0.2, -0.15) is 0 Å². The third-order valence-corrected chi connectivity index (χ3v) is 3.37. The van der Waals surface area contributed by atoms with E-state index in [2.05, 4.69) is 21.2 Å². The Morgan fingerprint density at radius 3 is 2.32 bits per heavy atom. The number of non-ortho nitro benzene ring substituents is 1. The molecule has 0 saturated carbocycles. The van der Waals surface area contributed by atoms with Gasteiger partial charge in [0.15, 0.2) is 6.10 Å². The van der Waals surface area contributed by atoms with Gasteiger partial charge in [0, 0.05) is 22.3 Å². The fourth-order valence-corrected chi connectivity index (χ4v) is 1.95. The average Bonchev–Trinajstić information content (AvgIpc) is 2.50. The molecule has 1 N–H and O–H groups in total. The van der Waals surface area contributed by atoms with Gasteiger partial charge in [0.05, 0.1) is 4.92 Å². The van der Waals surface area contributed by atoms with Gasteiger partial charge in [0.1, 0.15) is 5.75 Å². The lowest BCUT2D eigenvalue weighted by Gasteiger charge is -2.14. The molecule has 0 aliphatic carbocycles. The van der Waals surface area contributed by atoms with E-state index in [4.69, 9.17) is 4.74 Å². The summed E-state index contributed by atoms with van der Waals surface area (Å²) in [6.45, 7) is 1.63. The summed E-state index contributed by atoms with van der Waals surface area (Å²) in [5.74, 6) is 0.242. The van der Waals surface area contributed by atoms with Crippen molar-refractivity contribution in [2.45, 2.75) is 13.0 Å². The Morgan fingerprint density at radius 1 is 1.18 bits per heavy atom. The van der Waals surface area contributed by atoms with Crippen LogP contribution >= 0.6 is 15.9 Å². The molecule has 1 atom stereocenters. The molecule has 6 nitrogen and oxygen atoms in total. The van der Waals surface area contributed by atoms with Crippen molar-refractivity contribution in [3.63, 3.8) is 0 Å². The van der Waals surface area contributed by atoms with Crippen molar-refractivity contribution in [2.24, 2.45) is 0 Å². The topological polar surface area (TPSA) is 81.5 Å². The average molecular weight is 365 g/mol. The number of nitro benzene ring substituents is 1. The first-order valence-electron chi connectivity index (χ1n) is 6.43. The number of ether oxygens (including phenoxy) is 1. The second-order valence-corrected chi connectivity index (χ2v) is 5.42. The van der Waals surface area contributed by atoms with Gasteiger partial charge in [-0.3, -0.25) is 14.9 Å². The van der Waals surface area contributed by atoms with Crippen LogP contribution in [0.15, 0.2) is 53.0 Å². The number of nitro groups is 1. The lowest BCUT2D eigenvalue weighted by atomic mass is 10.2. The lowest BCUT2D eigenvalue weighted by molar-refractivity contribution is -0.384. The molecule has 0 aromatic heterocycles. The summed E-state index contributed by atoms with van der Waals surface area (Å²) in [6.07, 6.45) is -0.698. The number of hydrogen-bond acceptors (Lipinski definition) is 4. The molecule has 0 saturated heterocycles. The van der Waals surface area contributed by atoms with E-state index in [9.17, 15) is 14.9 Å². The molecule has 0 unspecified atom stereocenters. The second kappa shape index (κ2) is 7.04. The summed E-state index contributed by atoms with van der Waals surface area (Å²) in [5.41, 5.74) is 0.444. The minimum atomic E-state index is -0.698. The SMILES string of the molecule is C[C@@H](Oc1ccc(Br)cc1)C(=O)Nc1ccc([N+](=O)[O-])cc1. The fraction of sp³-hybridized carbons (Fsp3) is 0.133. The first kappa shape index (κ1) is 16.0. The van der Waals surface area contributed by atoms with Crippen LogP contribution in [0.3, 0.4) is 0 Å². The Kier molecular flexibility index (Phi) is 5.11. The van der Waals surface area contributed by atoms with E-state index in [-0.39, 0.29) is 11.6 Å². The lowest BCUT2D eigenvalue weighted by Crippen LogP contribution is -2.30. The zero-order chi connectivity index (χ0) is 16.1. The van der Waals surface area contributed by atoms with E-state index in [1.807, 2.05) is 12.1 Å². The molecule has 2 aromatic rings. The van der Waals surface area contributed by atoms with E-state index in [1.165, 1.54) is 24.3 Å². The number of carbonyl (C=O) groups is 1. The Bertz CT molecular complexity index is 671. The van der Waals surface area contributed by atoms with Gasteiger partial charge in [0.25, 0.3) is 11.6 Å². The van der Waals surface area contributed by atoms with Gasteiger partial charge in [0.2, 0.25) is 0 Å². The highest BCUT2D eigenvalue weighted by Crippen LogP contribution is 2.19. The number of amides is 1. The van der Waals surface area contributed by atoms with Crippen LogP contribution in [-0.4, -0.2) is 16.9 Å². The monoisotopic (exact) mass is 364 g/mol. The highest BCUT2D eigenvalue weighted by molar-refractivity contribution is 9.10. The first-order valence-corrected chi connectivity index (χ1v) is 7.22. The van der Waals surface area contributed by atoms with Crippen LogP contribution in [0, 0.1) is 10.1 Å². The maximum atomic E-state index is 12.0. The minimum absolute atomic E-state index is 0.0304. The maximum absolute atomic E-state index is 12.0. The zero-order valence-electron chi connectivity index (χ0n) is 11.7. The standard InChI is InChI=1S/C15H13BrN2O4/c1-10(22-14-8-2-11(16)3-9-14)15(19)17-12-4-6-13(7-5-12)18(20)21/h2-10H,1H3,(H,17,19)/t10-/m1/s1. The summed E-state index contributed by atoms with van der Waals surface area (Å²) in [6, 6.07) is 12.7. The van der Waals surface area contributed by atoms with Crippen molar-refractivity contribution < 1.29 is 14.5 Å². The smallest absolute Gasteiger partial charge is 0.269 e. The molecule has 7 heteroatoms. The van der Waals surface area contributed by atoms with Crippen LogP contribution in [0.5, 0.6) is 5.75 Å². The van der Waals surface area contributed by atoms with Gasteiger partial charge in [-0.15, -0.1) is 0 Å². The number of carbonyl (C=O) groups excluding carboxylic acids is 1. The molecule has 0 spiro atoms. The number of benzene rings is 2. The van der Waals surface area contributed by atoms with E-state index in [0.29, 0.717) is 11.4 Å². The van der Waals surface area contributed by atoms with E-state index in [0.717, 1.165) is 4.47 Å². The summed E-state index contributed by atoms with van der Waals surface area (Å²) in [4.78, 5) is 22.1. The van der Waals surface area contributed by atoms with Crippen molar-refractivity contribution in [3.05, 3.63) is 63.1 Å². The Balaban J connectivity index is 1.95. The van der Waals surface area contributed by atoms with Crippen LogP contribution in [0.25, 0.3) is 0 Å². The number of nitrogens with one attached hydrogen (secondary N) is 1. The molecule has 0 fully saturated rings. The van der Waals surface area contributed by atoms with Crippen molar-refractivity contribution >= 4 is 33.2 Å². The number of halogens is 1. The molecule has 2 aromatic carbocycles. The second-order valence-electron chi connectivity index (χ2n) is 4.51. The third kappa shape index (κ3) is 4.29. The van der Waals surface area contributed by atoms with Gasteiger partial charge in [-0.05, 0) is 43.3 Å². The predicted molar refractivity (Wildman–Crippen MR) is 86.0 cm³/mol. The van der Waals surface area contributed by atoms with Gasteiger partial charge < -0.3 is 10.1 Å². The van der Waals surface area contributed by atoms with E-state index < -0.39 is 11.0 Å². The van der Waals surface area contributed by atoms with Crippen LogP contribution in [0.1, 0.15) is 6.92 Å². The molecular formula is C15H13BrN2O4. The highest BCUT2D eigenvalue weighted by Gasteiger charge is 2.15. The van der Waals surface area contributed by atoms with Crippen molar-refractivity contribution in [2.75, 3.05) is 5.32 Å². The summed E-state index contributed by atoms with van der Waals surface area (Å²) < 4.78 is 6.44. The predicted octanol–water partition coefficient (Wildman–Crippen LogP) is 3.76. The minimum Gasteiger partial charge on any atom is -0.481 e. The van der Waals surface area contributed by atoms with Crippen molar-refractivity contribution in [1.82, 2.24) is 0 Å². The molecule has 0 heterocycles. The summed E-state index contributed by atoms with van der Waals surface area (Å²) >= 11 is 3.32. The van der Waals surface area contributed by atoms with Gasteiger partial charge >= 0.3 is 0 Å². The van der Waals surface area contributed by atoms with Crippen LogP contribution in [0.2, 0.25) is 0 Å². The number of hydrogen-bond donors (Lipinski definition) is 1. The molecule has 0 bridgehead atoms. The summed E-state index contributed by atoms with van der Waals surface area (Å²) in [5, 5.41) is 13.2. The fourth-order valence-electron chi connectivity index (χ4n) is 1.68. The molecule has 0 radical (unpaired) electrons. The molecule has 22 heavy (non-hydrogen) atoms. The first-order chi connectivity index (χ1) is 10.5. The van der Waals surface area contributed by atoms with Crippen LogP contribution in [-0.2, 0) is 4.79 Å². The summed E-state index contributed by atoms with van der Waals surface area (Å²) in [7, 11) is 0.